The van der Waals surface area contributed by atoms with Gasteiger partial charge in [-0.25, -0.2) is 0 Å². The maximum absolute atomic E-state index is 10.5. The van der Waals surface area contributed by atoms with E-state index >= 15 is 0 Å². The SMILES string of the molecule is CC(C)(C)[Si](C)(C)OC(CCCCCCO)CCCCCCCCC(=O)O. The molecule has 0 aromatic carbocycles. The van der Waals surface area contributed by atoms with Crippen molar-refractivity contribution in [3.05, 3.63) is 0 Å². The van der Waals surface area contributed by atoms with Crippen LogP contribution in [0.5, 0.6) is 0 Å². The van der Waals surface area contributed by atoms with Crippen LogP contribution in [0.2, 0.25) is 18.1 Å². The standard InChI is InChI=1S/C22H46O4Si/c1-22(2,3)27(4,5)26-20(17-13-10-11-15-19-23)16-12-8-6-7-9-14-18-21(24)25/h20,23H,6-19H2,1-5H3,(H,24,25). The first-order valence-corrected chi connectivity index (χ1v) is 14.0. The molecule has 0 radical (unpaired) electrons. The molecule has 0 heterocycles. The molecule has 0 rings (SSSR count). The van der Waals surface area contributed by atoms with Gasteiger partial charge in [0.25, 0.3) is 0 Å². The van der Waals surface area contributed by atoms with E-state index in [1.807, 2.05) is 0 Å². The van der Waals surface area contributed by atoms with Gasteiger partial charge in [-0.15, -0.1) is 0 Å². The molecule has 4 nitrogen and oxygen atoms in total. The minimum absolute atomic E-state index is 0.242. The fraction of sp³-hybridized carbons (Fsp3) is 0.955. The van der Waals surface area contributed by atoms with Crippen LogP contribution in [-0.4, -0.2) is 37.2 Å². The van der Waals surface area contributed by atoms with E-state index in [2.05, 4.69) is 33.9 Å². The fourth-order valence-electron chi connectivity index (χ4n) is 3.05. The third-order valence-electron chi connectivity index (χ3n) is 5.87. The predicted octanol–water partition coefficient (Wildman–Crippen LogP) is 6.53. The largest absolute Gasteiger partial charge is 0.481 e. The molecule has 0 bridgehead atoms. The van der Waals surface area contributed by atoms with Gasteiger partial charge in [0.05, 0.1) is 0 Å². The quantitative estimate of drug-likeness (QED) is 0.214. The summed E-state index contributed by atoms with van der Waals surface area (Å²) < 4.78 is 6.70. The number of hydrogen-bond acceptors (Lipinski definition) is 3. The lowest BCUT2D eigenvalue weighted by Crippen LogP contribution is -2.44. The van der Waals surface area contributed by atoms with E-state index in [4.69, 9.17) is 14.6 Å². The van der Waals surface area contributed by atoms with Crippen LogP contribution in [0.3, 0.4) is 0 Å². The Balaban J connectivity index is 4.20. The summed E-state index contributed by atoms with van der Waals surface area (Å²) in [4.78, 5) is 10.5. The molecule has 0 aliphatic rings. The Bertz CT molecular complexity index is 377. The van der Waals surface area contributed by atoms with Crippen LogP contribution in [0, 0.1) is 0 Å². The number of rotatable bonds is 17. The third-order valence-corrected chi connectivity index (χ3v) is 10.4. The molecule has 0 aromatic heterocycles. The van der Waals surface area contributed by atoms with Crippen LogP contribution in [0.1, 0.15) is 104 Å². The highest BCUT2D eigenvalue weighted by molar-refractivity contribution is 6.74. The maximum atomic E-state index is 10.5. The third kappa shape index (κ3) is 14.3. The fourth-order valence-corrected chi connectivity index (χ4v) is 4.47. The number of aliphatic hydroxyl groups excluding tert-OH is 1. The van der Waals surface area contributed by atoms with Crippen LogP contribution < -0.4 is 0 Å². The normalized spacial score (nSPS) is 13.7. The molecular weight excluding hydrogens is 356 g/mol. The van der Waals surface area contributed by atoms with Gasteiger partial charge >= 0.3 is 5.97 Å². The highest BCUT2D eigenvalue weighted by Gasteiger charge is 2.38. The van der Waals surface area contributed by atoms with Gasteiger partial charge in [0.1, 0.15) is 0 Å². The summed E-state index contributed by atoms with van der Waals surface area (Å²) in [5.41, 5.74) is 0. The van der Waals surface area contributed by atoms with Crippen LogP contribution in [0.25, 0.3) is 0 Å². The van der Waals surface area contributed by atoms with Crippen molar-refractivity contribution >= 4 is 14.3 Å². The average molecular weight is 403 g/mol. The molecule has 162 valence electrons. The summed E-state index contributed by atoms with van der Waals surface area (Å²) >= 11 is 0. The summed E-state index contributed by atoms with van der Waals surface area (Å²) in [5.74, 6) is -0.681. The molecule has 0 aromatic rings. The molecule has 0 fully saturated rings. The highest BCUT2D eigenvalue weighted by Crippen LogP contribution is 2.38. The lowest BCUT2D eigenvalue weighted by molar-refractivity contribution is -0.137. The number of carboxylic acids is 1. The Morgan fingerprint density at radius 3 is 1.74 bits per heavy atom. The lowest BCUT2D eigenvalue weighted by Gasteiger charge is -2.39. The number of hydrogen-bond donors (Lipinski definition) is 2. The van der Waals surface area contributed by atoms with Crippen molar-refractivity contribution in [2.75, 3.05) is 6.61 Å². The molecule has 0 aliphatic carbocycles. The molecule has 0 saturated carbocycles. The minimum Gasteiger partial charge on any atom is -0.481 e. The van der Waals surface area contributed by atoms with Gasteiger partial charge in [-0.05, 0) is 43.8 Å². The molecule has 0 aliphatic heterocycles. The second kappa shape index (κ2) is 14.6. The van der Waals surface area contributed by atoms with E-state index in [1.54, 1.807) is 0 Å². The monoisotopic (exact) mass is 402 g/mol. The molecular formula is C22H46O4Si. The van der Waals surface area contributed by atoms with Crippen molar-refractivity contribution in [3.8, 4) is 0 Å². The number of aliphatic carboxylic acids is 1. The number of unbranched alkanes of at least 4 members (excludes halogenated alkanes) is 8. The molecule has 1 atom stereocenters. The zero-order chi connectivity index (χ0) is 20.8. The summed E-state index contributed by atoms with van der Waals surface area (Å²) in [6.07, 6.45) is 13.9. The summed E-state index contributed by atoms with van der Waals surface area (Å²) in [7, 11) is -1.74. The molecule has 5 heteroatoms. The zero-order valence-corrected chi connectivity index (χ0v) is 19.7. The van der Waals surface area contributed by atoms with Gasteiger partial charge < -0.3 is 14.6 Å². The van der Waals surface area contributed by atoms with Gasteiger partial charge in [0, 0.05) is 19.1 Å². The smallest absolute Gasteiger partial charge is 0.303 e. The summed E-state index contributed by atoms with van der Waals surface area (Å²) in [6, 6.07) is 0. The molecule has 27 heavy (non-hydrogen) atoms. The summed E-state index contributed by atoms with van der Waals surface area (Å²) in [6.45, 7) is 11.9. The Morgan fingerprint density at radius 2 is 1.30 bits per heavy atom. The van der Waals surface area contributed by atoms with Gasteiger partial charge in [-0.2, -0.15) is 0 Å². The van der Waals surface area contributed by atoms with Gasteiger partial charge in [-0.3, -0.25) is 4.79 Å². The van der Waals surface area contributed by atoms with Crippen molar-refractivity contribution in [3.63, 3.8) is 0 Å². The highest BCUT2D eigenvalue weighted by atomic mass is 28.4. The van der Waals surface area contributed by atoms with E-state index in [0.717, 1.165) is 44.9 Å². The summed E-state index contributed by atoms with van der Waals surface area (Å²) in [5, 5.41) is 17.8. The zero-order valence-electron chi connectivity index (χ0n) is 18.7. The van der Waals surface area contributed by atoms with E-state index in [-0.39, 0.29) is 5.04 Å². The van der Waals surface area contributed by atoms with Crippen molar-refractivity contribution in [1.82, 2.24) is 0 Å². The molecule has 1 unspecified atom stereocenters. The Hall–Kier alpha value is -0.393. The Morgan fingerprint density at radius 1 is 0.852 bits per heavy atom. The number of aliphatic hydroxyl groups is 1. The molecule has 0 saturated heterocycles. The molecule has 0 amide bonds. The van der Waals surface area contributed by atoms with Gasteiger partial charge in [0.15, 0.2) is 8.32 Å². The van der Waals surface area contributed by atoms with Crippen LogP contribution in [0.4, 0.5) is 0 Å². The van der Waals surface area contributed by atoms with E-state index in [0.29, 0.717) is 19.1 Å². The van der Waals surface area contributed by atoms with Crippen molar-refractivity contribution in [2.45, 2.75) is 128 Å². The first-order chi connectivity index (χ1) is 12.6. The van der Waals surface area contributed by atoms with Gasteiger partial charge in [-0.1, -0.05) is 72.1 Å². The lowest BCUT2D eigenvalue weighted by atomic mass is 10.0. The average Bonchev–Trinajstić information content (AvgIpc) is 2.55. The van der Waals surface area contributed by atoms with E-state index in [9.17, 15) is 4.79 Å². The second-order valence-corrected chi connectivity index (χ2v) is 14.2. The van der Waals surface area contributed by atoms with Crippen LogP contribution in [-0.2, 0) is 9.22 Å². The first-order valence-electron chi connectivity index (χ1n) is 11.1. The topological polar surface area (TPSA) is 66.8 Å². The van der Waals surface area contributed by atoms with E-state index < -0.39 is 14.3 Å². The second-order valence-electron chi connectivity index (χ2n) is 9.48. The Kier molecular flexibility index (Phi) is 14.4. The van der Waals surface area contributed by atoms with Crippen molar-refractivity contribution in [2.24, 2.45) is 0 Å². The molecule has 2 N–H and O–H groups in total. The maximum Gasteiger partial charge on any atom is 0.303 e. The Labute approximate surface area is 169 Å². The van der Waals surface area contributed by atoms with Crippen molar-refractivity contribution < 1.29 is 19.4 Å². The first kappa shape index (κ1) is 26.6. The van der Waals surface area contributed by atoms with Crippen LogP contribution in [0.15, 0.2) is 0 Å². The van der Waals surface area contributed by atoms with Crippen LogP contribution >= 0.6 is 0 Å². The van der Waals surface area contributed by atoms with Crippen molar-refractivity contribution in [1.29, 1.82) is 0 Å². The predicted molar refractivity (Wildman–Crippen MR) is 117 cm³/mol. The number of carboxylic acid groups (broad SMARTS) is 1. The molecule has 0 spiro atoms. The van der Waals surface area contributed by atoms with Gasteiger partial charge in [0.2, 0.25) is 0 Å². The van der Waals surface area contributed by atoms with E-state index in [1.165, 1.54) is 32.1 Å². The number of carbonyl (C=O) groups is 1. The minimum atomic E-state index is -1.74.